The molecule has 0 saturated carbocycles. The second-order valence-corrected chi connectivity index (χ2v) is 5.19. The molecule has 0 atom stereocenters. The van der Waals surface area contributed by atoms with Crippen molar-refractivity contribution in [2.45, 2.75) is 13.3 Å². The number of anilines is 1. The molecule has 0 bridgehead atoms. The second-order valence-electron chi connectivity index (χ2n) is 5.19. The fraction of sp³-hybridized carbons (Fsp3) is 0.412. The van der Waals surface area contributed by atoms with Crippen molar-refractivity contribution in [3.8, 4) is 11.5 Å². The van der Waals surface area contributed by atoms with Gasteiger partial charge in [0.1, 0.15) is 0 Å². The normalized spacial score (nSPS) is 11.2. The monoisotopic (exact) mass is 331 g/mol. The van der Waals surface area contributed by atoms with Crippen LogP contribution in [-0.2, 0) is 13.5 Å². The van der Waals surface area contributed by atoms with E-state index >= 15 is 0 Å². The average Bonchev–Trinajstić information content (AvgIpc) is 3.00. The van der Waals surface area contributed by atoms with Crippen LogP contribution in [0.1, 0.15) is 12.5 Å². The summed E-state index contributed by atoms with van der Waals surface area (Å²) in [7, 11) is 5.29. The Morgan fingerprint density at radius 2 is 2.17 bits per heavy atom. The highest BCUT2D eigenvalue weighted by Crippen LogP contribution is 2.30. The molecule has 7 nitrogen and oxygen atoms in total. The van der Waals surface area contributed by atoms with Gasteiger partial charge in [-0.2, -0.15) is 5.10 Å². The van der Waals surface area contributed by atoms with Gasteiger partial charge in [0.05, 0.1) is 19.9 Å². The van der Waals surface area contributed by atoms with E-state index in [0.717, 1.165) is 18.7 Å². The van der Waals surface area contributed by atoms with Crippen LogP contribution in [0.15, 0.2) is 35.6 Å². The topological polar surface area (TPSA) is 72.7 Å². The lowest BCUT2D eigenvalue weighted by molar-refractivity contribution is 0.311. The summed E-state index contributed by atoms with van der Waals surface area (Å²) in [4.78, 5) is 4.24. The minimum absolute atomic E-state index is 0.581. The van der Waals surface area contributed by atoms with Gasteiger partial charge >= 0.3 is 0 Å². The fourth-order valence-electron chi connectivity index (χ4n) is 2.26. The molecule has 0 fully saturated rings. The number of nitrogens with one attached hydrogen (secondary N) is 2. The molecule has 1 heterocycles. The number of nitrogens with zero attached hydrogens (tertiary/aromatic N) is 3. The van der Waals surface area contributed by atoms with Gasteiger partial charge in [0.2, 0.25) is 0 Å². The van der Waals surface area contributed by atoms with E-state index in [4.69, 9.17) is 9.47 Å². The lowest BCUT2D eigenvalue weighted by Gasteiger charge is -2.14. The summed E-state index contributed by atoms with van der Waals surface area (Å²) in [6.45, 7) is 3.29. The molecule has 0 unspecified atom stereocenters. The molecule has 24 heavy (non-hydrogen) atoms. The van der Waals surface area contributed by atoms with Crippen molar-refractivity contribution < 1.29 is 9.47 Å². The van der Waals surface area contributed by atoms with Crippen LogP contribution in [0, 0.1) is 0 Å². The third-order valence-electron chi connectivity index (χ3n) is 3.41. The number of guanidine groups is 1. The molecule has 0 spiro atoms. The van der Waals surface area contributed by atoms with Gasteiger partial charge in [0, 0.05) is 38.6 Å². The Morgan fingerprint density at radius 3 is 2.79 bits per heavy atom. The van der Waals surface area contributed by atoms with Gasteiger partial charge in [0.15, 0.2) is 17.5 Å². The van der Waals surface area contributed by atoms with Crippen molar-refractivity contribution in [3.05, 3.63) is 36.2 Å². The standard InChI is InChI=1S/C17H25N5O2/c1-5-24-16-10-14(6-7-15(16)23-4)21-17(18-2)19-9-8-13-11-20-22(3)12-13/h6-7,10-12H,5,8-9H2,1-4H3,(H2,18,19,21). The molecule has 1 aromatic heterocycles. The van der Waals surface area contributed by atoms with Gasteiger partial charge in [-0.05, 0) is 31.0 Å². The van der Waals surface area contributed by atoms with Crippen LogP contribution in [0.5, 0.6) is 11.5 Å². The molecular weight excluding hydrogens is 306 g/mol. The first-order valence-corrected chi connectivity index (χ1v) is 7.92. The molecule has 2 rings (SSSR count). The van der Waals surface area contributed by atoms with Crippen LogP contribution in [0.3, 0.4) is 0 Å². The Kier molecular flexibility index (Phi) is 6.48. The number of aliphatic imine (C=N–C) groups is 1. The van der Waals surface area contributed by atoms with Gasteiger partial charge in [0.25, 0.3) is 0 Å². The smallest absolute Gasteiger partial charge is 0.195 e. The van der Waals surface area contributed by atoms with Crippen LogP contribution in [0.4, 0.5) is 5.69 Å². The number of methoxy groups -OCH3 is 1. The fourth-order valence-corrected chi connectivity index (χ4v) is 2.26. The highest BCUT2D eigenvalue weighted by atomic mass is 16.5. The van der Waals surface area contributed by atoms with Crippen LogP contribution in [0.2, 0.25) is 0 Å². The van der Waals surface area contributed by atoms with Crippen LogP contribution in [-0.4, -0.2) is 43.0 Å². The maximum Gasteiger partial charge on any atom is 0.195 e. The van der Waals surface area contributed by atoms with Crippen molar-refractivity contribution in [2.75, 3.05) is 32.6 Å². The van der Waals surface area contributed by atoms with Gasteiger partial charge in [-0.25, -0.2) is 0 Å². The predicted octanol–water partition coefficient (Wildman–Crippen LogP) is 2.06. The van der Waals surface area contributed by atoms with E-state index in [2.05, 4.69) is 20.7 Å². The maximum atomic E-state index is 5.59. The van der Waals surface area contributed by atoms with E-state index in [-0.39, 0.29) is 0 Å². The number of benzene rings is 1. The highest BCUT2D eigenvalue weighted by molar-refractivity contribution is 5.93. The molecule has 0 radical (unpaired) electrons. The number of ether oxygens (including phenoxy) is 2. The van der Waals surface area contributed by atoms with Crippen LogP contribution >= 0.6 is 0 Å². The molecule has 130 valence electrons. The van der Waals surface area contributed by atoms with Gasteiger partial charge in [-0.15, -0.1) is 0 Å². The molecule has 2 aromatic rings. The summed E-state index contributed by atoms with van der Waals surface area (Å²) in [5.74, 6) is 2.12. The zero-order valence-corrected chi connectivity index (χ0v) is 14.7. The molecule has 0 aliphatic rings. The Morgan fingerprint density at radius 1 is 1.33 bits per heavy atom. The van der Waals surface area contributed by atoms with Gasteiger partial charge in [-0.1, -0.05) is 0 Å². The number of aromatic nitrogens is 2. The Labute approximate surface area is 142 Å². The minimum Gasteiger partial charge on any atom is -0.493 e. The van der Waals surface area contributed by atoms with E-state index in [1.54, 1.807) is 18.8 Å². The van der Waals surface area contributed by atoms with E-state index in [9.17, 15) is 0 Å². The molecule has 0 aliphatic carbocycles. The Hall–Kier alpha value is -2.70. The Bertz CT molecular complexity index is 681. The number of rotatable bonds is 7. The van der Waals surface area contributed by atoms with Crippen LogP contribution in [0.25, 0.3) is 0 Å². The lowest BCUT2D eigenvalue weighted by atomic mass is 10.2. The zero-order valence-electron chi connectivity index (χ0n) is 14.7. The van der Waals surface area contributed by atoms with E-state index in [0.29, 0.717) is 24.1 Å². The summed E-state index contributed by atoms with van der Waals surface area (Å²) in [6.07, 6.45) is 4.76. The van der Waals surface area contributed by atoms with E-state index in [1.807, 2.05) is 44.6 Å². The Balaban J connectivity index is 1.93. The highest BCUT2D eigenvalue weighted by Gasteiger charge is 2.07. The summed E-state index contributed by atoms with van der Waals surface area (Å²) >= 11 is 0. The second kappa shape index (κ2) is 8.81. The summed E-state index contributed by atoms with van der Waals surface area (Å²) in [5, 5.41) is 10.7. The third kappa shape index (κ3) is 4.91. The molecule has 0 saturated heterocycles. The maximum absolute atomic E-state index is 5.59. The third-order valence-corrected chi connectivity index (χ3v) is 3.41. The molecule has 0 amide bonds. The van der Waals surface area contributed by atoms with Crippen molar-refractivity contribution >= 4 is 11.6 Å². The van der Waals surface area contributed by atoms with Crippen molar-refractivity contribution in [1.29, 1.82) is 0 Å². The quantitative estimate of drug-likeness (QED) is 0.600. The van der Waals surface area contributed by atoms with Crippen molar-refractivity contribution in [2.24, 2.45) is 12.0 Å². The average molecular weight is 331 g/mol. The summed E-state index contributed by atoms with van der Waals surface area (Å²) < 4.78 is 12.7. The van der Waals surface area contributed by atoms with Crippen molar-refractivity contribution in [3.63, 3.8) is 0 Å². The summed E-state index contributed by atoms with van der Waals surface area (Å²) in [5.41, 5.74) is 2.07. The zero-order chi connectivity index (χ0) is 17.4. The first-order chi connectivity index (χ1) is 11.7. The molecule has 1 aromatic carbocycles. The first-order valence-electron chi connectivity index (χ1n) is 7.92. The van der Waals surface area contributed by atoms with E-state index < -0.39 is 0 Å². The lowest BCUT2D eigenvalue weighted by Crippen LogP contribution is -2.32. The predicted molar refractivity (Wildman–Crippen MR) is 96.1 cm³/mol. The number of hydrogen-bond acceptors (Lipinski definition) is 4. The minimum atomic E-state index is 0.581. The van der Waals surface area contributed by atoms with Crippen molar-refractivity contribution in [1.82, 2.24) is 15.1 Å². The number of hydrogen-bond donors (Lipinski definition) is 2. The molecule has 2 N–H and O–H groups in total. The van der Waals surface area contributed by atoms with Gasteiger partial charge < -0.3 is 20.1 Å². The SMILES string of the molecule is CCOc1cc(NC(=NC)NCCc2cnn(C)c2)ccc1OC. The molecular formula is C17H25N5O2. The summed E-state index contributed by atoms with van der Waals surface area (Å²) in [6, 6.07) is 5.70. The molecule has 0 aliphatic heterocycles. The first kappa shape index (κ1) is 17.7. The number of aryl methyl sites for hydroxylation is 1. The molecule has 7 heteroatoms. The van der Waals surface area contributed by atoms with Crippen LogP contribution < -0.4 is 20.1 Å². The van der Waals surface area contributed by atoms with E-state index in [1.165, 1.54) is 5.56 Å². The van der Waals surface area contributed by atoms with Gasteiger partial charge in [-0.3, -0.25) is 9.67 Å². The largest absolute Gasteiger partial charge is 0.493 e.